The molecule has 0 fully saturated rings. The summed E-state index contributed by atoms with van der Waals surface area (Å²) < 4.78 is 5.80. The summed E-state index contributed by atoms with van der Waals surface area (Å²) in [6.07, 6.45) is 3.62. The number of halogens is 1. The van der Waals surface area contributed by atoms with E-state index >= 15 is 0 Å². The molecule has 144 valence electrons. The van der Waals surface area contributed by atoms with Crippen molar-refractivity contribution in [3.05, 3.63) is 59.9 Å². The van der Waals surface area contributed by atoms with Crippen LogP contribution in [-0.4, -0.2) is 23.0 Å². The zero-order valence-electron chi connectivity index (χ0n) is 16.1. The second kappa shape index (κ2) is 9.16. The molecular weight excluding hydrogens is 453 g/mol. The first-order valence-electron chi connectivity index (χ1n) is 8.69. The minimum absolute atomic E-state index is 0. The lowest BCUT2D eigenvalue weighted by molar-refractivity contribution is 0.379. The van der Waals surface area contributed by atoms with Gasteiger partial charge in [-0.2, -0.15) is 0 Å². The number of rotatable bonds is 4. The summed E-state index contributed by atoms with van der Waals surface area (Å²) in [4.78, 5) is 13.0. The lowest BCUT2D eigenvalue weighted by Gasteiger charge is -2.14. The van der Waals surface area contributed by atoms with Crippen LogP contribution in [0.15, 0.2) is 52.1 Å². The van der Waals surface area contributed by atoms with Crippen LogP contribution in [0.1, 0.15) is 38.0 Å². The molecule has 7 heteroatoms. The molecule has 1 aromatic carbocycles. The first-order valence-corrected chi connectivity index (χ1v) is 8.69. The van der Waals surface area contributed by atoms with Crippen LogP contribution in [0.2, 0.25) is 0 Å². The molecule has 0 aliphatic carbocycles. The molecule has 3 rings (SSSR count). The number of hydrogen-bond acceptors (Lipinski definition) is 4. The van der Waals surface area contributed by atoms with E-state index in [-0.39, 0.29) is 29.4 Å². The Hall–Kier alpha value is -2.16. The number of pyridine rings is 1. The molecule has 0 amide bonds. The quantitative estimate of drug-likeness (QED) is 0.336. The van der Waals surface area contributed by atoms with Crippen LogP contribution in [-0.2, 0) is 18.5 Å². The SMILES string of the molecule is CN=C(NCc1ncc(C(C)(C)C)o1)NCc1ccnc2ccccc12.I. The predicted octanol–water partition coefficient (Wildman–Crippen LogP) is 4.00. The normalized spacial score (nSPS) is 11.9. The number of para-hydroxylation sites is 1. The van der Waals surface area contributed by atoms with Gasteiger partial charge in [-0.15, -0.1) is 24.0 Å². The van der Waals surface area contributed by atoms with Crippen LogP contribution in [0, 0.1) is 0 Å². The van der Waals surface area contributed by atoms with Gasteiger partial charge in [0, 0.05) is 30.6 Å². The van der Waals surface area contributed by atoms with Gasteiger partial charge >= 0.3 is 0 Å². The Morgan fingerprint density at radius 3 is 2.52 bits per heavy atom. The van der Waals surface area contributed by atoms with Gasteiger partial charge in [0.05, 0.1) is 18.3 Å². The third-order valence-corrected chi connectivity index (χ3v) is 4.11. The average Bonchev–Trinajstić information content (AvgIpc) is 3.11. The Balaban J connectivity index is 0.00000261. The highest BCUT2D eigenvalue weighted by atomic mass is 127. The van der Waals surface area contributed by atoms with E-state index < -0.39 is 0 Å². The molecule has 0 aliphatic heterocycles. The zero-order valence-corrected chi connectivity index (χ0v) is 18.4. The van der Waals surface area contributed by atoms with E-state index in [0.717, 1.165) is 16.7 Å². The topological polar surface area (TPSA) is 75.3 Å². The van der Waals surface area contributed by atoms with Crippen molar-refractivity contribution in [2.45, 2.75) is 39.3 Å². The van der Waals surface area contributed by atoms with Crippen molar-refractivity contribution in [2.24, 2.45) is 4.99 Å². The maximum atomic E-state index is 5.80. The van der Waals surface area contributed by atoms with E-state index in [4.69, 9.17) is 4.42 Å². The Bertz CT molecular complexity index is 909. The van der Waals surface area contributed by atoms with Gasteiger partial charge in [0.15, 0.2) is 5.96 Å². The van der Waals surface area contributed by atoms with E-state index in [9.17, 15) is 0 Å². The van der Waals surface area contributed by atoms with Crippen LogP contribution >= 0.6 is 24.0 Å². The highest BCUT2D eigenvalue weighted by molar-refractivity contribution is 14.0. The number of aliphatic imine (C=N–C) groups is 1. The molecule has 3 aromatic rings. The molecule has 0 unspecified atom stereocenters. The van der Waals surface area contributed by atoms with Gasteiger partial charge in [0.25, 0.3) is 0 Å². The second-order valence-electron chi connectivity index (χ2n) is 7.13. The van der Waals surface area contributed by atoms with Crippen molar-refractivity contribution in [3.63, 3.8) is 0 Å². The maximum absolute atomic E-state index is 5.80. The molecule has 27 heavy (non-hydrogen) atoms. The lowest BCUT2D eigenvalue weighted by Crippen LogP contribution is -2.36. The summed E-state index contributed by atoms with van der Waals surface area (Å²) in [5.74, 6) is 2.22. The van der Waals surface area contributed by atoms with Crippen LogP contribution < -0.4 is 10.6 Å². The largest absolute Gasteiger partial charge is 0.443 e. The molecule has 0 saturated carbocycles. The fourth-order valence-corrected chi connectivity index (χ4v) is 2.61. The van der Waals surface area contributed by atoms with Gasteiger partial charge in [-0.3, -0.25) is 9.98 Å². The smallest absolute Gasteiger partial charge is 0.213 e. The summed E-state index contributed by atoms with van der Waals surface area (Å²) in [5.41, 5.74) is 2.11. The fourth-order valence-electron chi connectivity index (χ4n) is 2.61. The maximum Gasteiger partial charge on any atom is 0.213 e. The van der Waals surface area contributed by atoms with Gasteiger partial charge < -0.3 is 15.1 Å². The highest BCUT2D eigenvalue weighted by Crippen LogP contribution is 2.22. The zero-order chi connectivity index (χ0) is 18.6. The summed E-state index contributed by atoms with van der Waals surface area (Å²) in [6.45, 7) is 7.44. The molecule has 0 radical (unpaired) electrons. The van der Waals surface area contributed by atoms with Gasteiger partial charge in [0.1, 0.15) is 5.76 Å². The van der Waals surface area contributed by atoms with Crippen molar-refractivity contribution in [1.82, 2.24) is 20.6 Å². The van der Waals surface area contributed by atoms with Crippen molar-refractivity contribution in [1.29, 1.82) is 0 Å². The average molecular weight is 479 g/mol. The third kappa shape index (κ3) is 5.41. The predicted molar refractivity (Wildman–Crippen MR) is 119 cm³/mol. The highest BCUT2D eigenvalue weighted by Gasteiger charge is 2.19. The fraction of sp³-hybridized carbons (Fsp3) is 0.350. The first kappa shape index (κ1) is 21.1. The minimum Gasteiger partial charge on any atom is -0.443 e. The lowest BCUT2D eigenvalue weighted by atomic mass is 9.94. The number of benzene rings is 1. The standard InChI is InChI=1S/C20H25N5O.HI/c1-20(2,3)17-12-23-18(26-17)13-25-19(21-4)24-11-14-9-10-22-16-8-6-5-7-15(14)16;/h5-10,12H,11,13H2,1-4H3,(H2,21,24,25);1H. The Morgan fingerprint density at radius 1 is 1.07 bits per heavy atom. The second-order valence-corrected chi connectivity index (χ2v) is 7.13. The van der Waals surface area contributed by atoms with Crippen LogP contribution in [0.25, 0.3) is 10.9 Å². The number of guanidine groups is 1. The number of nitrogens with one attached hydrogen (secondary N) is 2. The molecular formula is C20H26IN5O. The first-order chi connectivity index (χ1) is 12.5. The molecule has 2 heterocycles. The molecule has 0 saturated heterocycles. The molecule has 0 spiro atoms. The van der Waals surface area contributed by atoms with Crippen molar-refractivity contribution >= 4 is 40.8 Å². The van der Waals surface area contributed by atoms with E-state index in [1.165, 1.54) is 5.56 Å². The molecule has 2 aromatic heterocycles. The number of aromatic nitrogens is 2. The monoisotopic (exact) mass is 479 g/mol. The summed E-state index contributed by atoms with van der Waals surface area (Å²) in [5, 5.41) is 7.70. The minimum atomic E-state index is -0.0480. The van der Waals surface area contributed by atoms with Crippen LogP contribution in [0.4, 0.5) is 0 Å². The molecule has 0 bridgehead atoms. The van der Waals surface area contributed by atoms with Gasteiger partial charge in [0.2, 0.25) is 5.89 Å². The number of fused-ring (bicyclic) bond motifs is 1. The van der Waals surface area contributed by atoms with Gasteiger partial charge in [-0.05, 0) is 17.7 Å². The summed E-state index contributed by atoms with van der Waals surface area (Å²) in [6, 6.07) is 10.1. The van der Waals surface area contributed by atoms with Gasteiger partial charge in [-0.25, -0.2) is 4.98 Å². The molecule has 6 nitrogen and oxygen atoms in total. The van der Waals surface area contributed by atoms with E-state index in [2.05, 4.69) is 52.4 Å². The van der Waals surface area contributed by atoms with E-state index in [1.54, 1.807) is 13.2 Å². The van der Waals surface area contributed by atoms with Crippen LogP contribution in [0.5, 0.6) is 0 Å². The van der Waals surface area contributed by atoms with Crippen molar-refractivity contribution in [3.8, 4) is 0 Å². The number of hydrogen-bond donors (Lipinski definition) is 2. The van der Waals surface area contributed by atoms with Crippen LogP contribution in [0.3, 0.4) is 0 Å². The molecule has 2 N–H and O–H groups in total. The Morgan fingerprint density at radius 2 is 1.81 bits per heavy atom. The molecule has 0 atom stereocenters. The Kier molecular flexibility index (Phi) is 7.18. The van der Waals surface area contributed by atoms with Gasteiger partial charge in [-0.1, -0.05) is 39.0 Å². The van der Waals surface area contributed by atoms with E-state index in [1.807, 2.05) is 30.5 Å². The van der Waals surface area contributed by atoms with Crippen molar-refractivity contribution in [2.75, 3.05) is 7.05 Å². The Labute approximate surface area is 176 Å². The number of nitrogens with zero attached hydrogens (tertiary/aromatic N) is 3. The third-order valence-electron chi connectivity index (χ3n) is 4.11. The summed E-state index contributed by atoms with van der Waals surface area (Å²) in [7, 11) is 1.75. The van der Waals surface area contributed by atoms with E-state index in [0.29, 0.717) is 24.9 Å². The summed E-state index contributed by atoms with van der Waals surface area (Å²) >= 11 is 0. The molecule has 0 aliphatic rings. The van der Waals surface area contributed by atoms with Crippen molar-refractivity contribution < 1.29 is 4.42 Å². The number of oxazole rings is 1.